The Bertz CT molecular complexity index is 849. The van der Waals surface area contributed by atoms with Gasteiger partial charge in [-0.2, -0.15) is 5.10 Å². The second-order valence-electron chi connectivity index (χ2n) is 7.21. The van der Waals surface area contributed by atoms with Crippen LogP contribution in [0.5, 0.6) is 5.75 Å². The van der Waals surface area contributed by atoms with Crippen LogP contribution >= 0.6 is 0 Å². The highest BCUT2D eigenvalue weighted by Gasteiger charge is 2.24. The Morgan fingerprint density at radius 3 is 2.37 bits per heavy atom. The SMILES string of the molecule is CCCCOc1ccc(/C=N/NC(=O)C(NC(=O)c2ccc(F)cc2)C(C)C)cc1. The standard InChI is InChI=1S/C23H28FN3O3/c1-4-5-14-30-20-12-6-17(7-13-20)15-25-27-23(29)21(16(2)3)26-22(28)18-8-10-19(24)11-9-18/h6-13,15-16,21H,4-5,14H2,1-3H3,(H,26,28)(H,27,29)/b25-15+. The van der Waals surface area contributed by atoms with Crippen LogP contribution in [0.1, 0.15) is 49.5 Å². The van der Waals surface area contributed by atoms with Crippen LogP contribution in [0.25, 0.3) is 0 Å². The highest BCUT2D eigenvalue weighted by molar-refractivity contribution is 5.97. The minimum absolute atomic E-state index is 0.163. The van der Waals surface area contributed by atoms with E-state index < -0.39 is 23.7 Å². The van der Waals surface area contributed by atoms with E-state index in [1.165, 1.54) is 30.5 Å². The summed E-state index contributed by atoms with van der Waals surface area (Å²) in [6, 6.07) is 11.7. The molecule has 0 spiro atoms. The number of unbranched alkanes of at least 4 members (excludes halogenated alkanes) is 1. The van der Waals surface area contributed by atoms with Gasteiger partial charge in [0.25, 0.3) is 11.8 Å². The number of halogens is 1. The molecule has 7 heteroatoms. The predicted octanol–water partition coefficient (Wildman–Crippen LogP) is 3.91. The van der Waals surface area contributed by atoms with Gasteiger partial charge >= 0.3 is 0 Å². The Morgan fingerprint density at radius 1 is 1.10 bits per heavy atom. The molecule has 0 aromatic heterocycles. The highest BCUT2D eigenvalue weighted by atomic mass is 19.1. The summed E-state index contributed by atoms with van der Waals surface area (Å²) in [5.74, 6) is -0.695. The molecule has 0 heterocycles. The molecular weight excluding hydrogens is 385 g/mol. The summed E-state index contributed by atoms with van der Waals surface area (Å²) in [5.41, 5.74) is 3.54. The Labute approximate surface area is 176 Å². The molecule has 0 fully saturated rings. The van der Waals surface area contributed by atoms with Crippen LogP contribution in [0, 0.1) is 11.7 Å². The topological polar surface area (TPSA) is 79.8 Å². The summed E-state index contributed by atoms with van der Waals surface area (Å²) >= 11 is 0. The van der Waals surface area contributed by atoms with Crippen molar-refractivity contribution < 1.29 is 18.7 Å². The molecule has 2 amide bonds. The third-order valence-corrected chi connectivity index (χ3v) is 4.38. The maximum atomic E-state index is 13.0. The third kappa shape index (κ3) is 7.31. The van der Waals surface area contributed by atoms with E-state index in [9.17, 15) is 14.0 Å². The number of carbonyl (C=O) groups is 2. The van der Waals surface area contributed by atoms with Crippen LogP contribution in [-0.2, 0) is 4.79 Å². The largest absolute Gasteiger partial charge is 0.494 e. The molecule has 0 aliphatic rings. The molecule has 2 aromatic rings. The molecule has 0 aliphatic heterocycles. The average Bonchev–Trinajstić information content (AvgIpc) is 2.73. The van der Waals surface area contributed by atoms with Gasteiger partial charge in [-0.1, -0.05) is 27.2 Å². The fraction of sp³-hybridized carbons (Fsp3) is 0.348. The molecule has 0 aliphatic carbocycles. The maximum absolute atomic E-state index is 13.0. The lowest BCUT2D eigenvalue weighted by molar-refractivity contribution is -0.123. The molecule has 2 aromatic carbocycles. The van der Waals surface area contributed by atoms with Gasteiger partial charge in [-0.3, -0.25) is 9.59 Å². The van der Waals surface area contributed by atoms with Crippen LogP contribution in [0.4, 0.5) is 4.39 Å². The van der Waals surface area contributed by atoms with Gasteiger partial charge in [0, 0.05) is 5.56 Å². The number of carbonyl (C=O) groups excluding carboxylic acids is 2. The van der Waals surface area contributed by atoms with E-state index in [2.05, 4.69) is 22.8 Å². The van der Waals surface area contributed by atoms with Crippen molar-refractivity contribution in [2.45, 2.75) is 39.7 Å². The molecule has 0 radical (unpaired) electrons. The van der Waals surface area contributed by atoms with E-state index >= 15 is 0 Å². The van der Waals surface area contributed by atoms with Gasteiger partial charge in [0.1, 0.15) is 17.6 Å². The fourth-order valence-electron chi connectivity index (χ4n) is 2.59. The number of nitrogens with zero attached hydrogens (tertiary/aromatic N) is 1. The molecule has 1 unspecified atom stereocenters. The summed E-state index contributed by atoms with van der Waals surface area (Å²) in [7, 11) is 0. The molecule has 0 saturated heterocycles. The number of hydrogen-bond donors (Lipinski definition) is 2. The molecular formula is C23H28FN3O3. The second-order valence-corrected chi connectivity index (χ2v) is 7.21. The van der Waals surface area contributed by atoms with Crippen molar-refractivity contribution in [3.05, 3.63) is 65.5 Å². The Morgan fingerprint density at radius 2 is 1.77 bits per heavy atom. The lowest BCUT2D eigenvalue weighted by Gasteiger charge is -2.20. The zero-order valence-corrected chi connectivity index (χ0v) is 17.5. The molecule has 0 saturated carbocycles. The number of rotatable bonds is 10. The van der Waals surface area contributed by atoms with Crippen LogP contribution < -0.4 is 15.5 Å². The lowest BCUT2D eigenvalue weighted by atomic mass is 10.0. The van der Waals surface area contributed by atoms with Gasteiger partial charge in [-0.25, -0.2) is 9.82 Å². The van der Waals surface area contributed by atoms with Gasteiger partial charge in [0.15, 0.2) is 0 Å². The molecule has 2 rings (SSSR count). The Balaban J connectivity index is 1.91. The number of hydrogen-bond acceptors (Lipinski definition) is 4. The first kappa shape index (κ1) is 23.1. The minimum atomic E-state index is -0.783. The van der Waals surface area contributed by atoms with E-state index in [0.29, 0.717) is 6.61 Å². The van der Waals surface area contributed by atoms with Gasteiger partial charge in [-0.15, -0.1) is 0 Å². The Hall–Kier alpha value is -3.22. The molecule has 2 N–H and O–H groups in total. The zero-order valence-electron chi connectivity index (χ0n) is 17.5. The Kier molecular flexibility index (Phi) is 9.00. The summed E-state index contributed by atoms with van der Waals surface area (Å²) in [6.07, 6.45) is 3.60. The number of nitrogens with one attached hydrogen (secondary N) is 2. The first-order valence-corrected chi connectivity index (χ1v) is 10.0. The maximum Gasteiger partial charge on any atom is 0.262 e. The average molecular weight is 413 g/mol. The van der Waals surface area contributed by atoms with Gasteiger partial charge in [0.05, 0.1) is 12.8 Å². The van der Waals surface area contributed by atoms with E-state index in [1.807, 2.05) is 38.1 Å². The quantitative estimate of drug-likeness (QED) is 0.352. The smallest absolute Gasteiger partial charge is 0.262 e. The van der Waals surface area contributed by atoms with Crippen molar-refractivity contribution in [2.75, 3.05) is 6.61 Å². The van der Waals surface area contributed by atoms with Crippen molar-refractivity contribution in [1.29, 1.82) is 0 Å². The third-order valence-electron chi connectivity index (χ3n) is 4.38. The van der Waals surface area contributed by atoms with Crippen molar-refractivity contribution in [3.63, 3.8) is 0 Å². The van der Waals surface area contributed by atoms with Crippen molar-refractivity contribution in [3.8, 4) is 5.75 Å². The normalized spacial score (nSPS) is 12.0. The van der Waals surface area contributed by atoms with Crippen molar-refractivity contribution in [2.24, 2.45) is 11.0 Å². The molecule has 30 heavy (non-hydrogen) atoms. The number of ether oxygens (including phenoxy) is 1. The summed E-state index contributed by atoms with van der Waals surface area (Å²) in [4.78, 5) is 24.8. The fourth-order valence-corrected chi connectivity index (χ4v) is 2.59. The van der Waals surface area contributed by atoms with Crippen LogP contribution in [-0.4, -0.2) is 30.7 Å². The van der Waals surface area contributed by atoms with E-state index in [-0.39, 0.29) is 11.5 Å². The van der Waals surface area contributed by atoms with Crippen LogP contribution in [0.2, 0.25) is 0 Å². The second kappa shape index (κ2) is 11.7. The molecule has 6 nitrogen and oxygen atoms in total. The number of benzene rings is 2. The molecule has 160 valence electrons. The van der Waals surface area contributed by atoms with Crippen LogP contribution in [0.15, 0.2) is 53.6 Å². The van der Waals surface area contributed by atoms with Crippen molar-refractivity contribution >= 4 is 18.0 Å². The molecule has 1 atom stereocenters. The first-order valence-electron chi connectivity index (χ1n) is 10.0. The van der Waals surface area contributed by atoms with Crippen LogP contribution in [0.3, 0.4) is 0 Å². The number of amides is 2. The highest BCUT2D eigenvalue weighted by Crippen LogP contribution is 2.12. The summed E-state index contributed by atoms with van der Waals surface area (Å²) < 4.78 is 18.6. The summed E-state index contributed by atoms with van der Waals surface area (Å²) in [5, 5.41) is 6.64. The van der Waals surface area contributed by atoms with Gasteiger partial charge in [0.2, 0.25) is 0 Å². The van der Waals surface area contributed by atoms with Gasteiger partial charge < -0.3 is 10.1 Å². The van der Waals surface area contributed by atoms with E-state index in [1.54, 1.807) is 0 Å². The molecule has 0 bridgehead atoms. The lowest BCUT2D eigenvalue weighted by Crippen LogP contribution is -2.48. The van der Waals surface area contributed by atoms with E-state index in [0.717, 1.165) is 24.2 Å². The number of hydrazone groups is 1. The zero-order chi connectivity index (χ0) is 21.9. The predicted molar refractivity (Wildman–Crippen MR) is 115 cm³/mol. The summed E-state index contributed by atoms with van der Waals surface area (Å²) in [6.45, 7) is 6.42. The minimum Gasteiger partial charge on any atom is -0.494 e. The van der Waals surface area contributed by atoms with E-state index in [4.69, 9.17) is 4.74 Å². The van der Waals surface area contributed by atoms with Gasteiger partial charge in [-0.05, 0) is 66.4 Å². The monoisotopic (exact) mass is 413 g/mol. The van der Waals surface area contributed by atoms with Crippen molar-refractivity contribution in [1.82, 2.24) is 10.7 Å². The first-order chi connectivity index (χ1) is 14.4.